The van der Waals surface area contributed by atoms with E-state index < -0.39 is 12.2 Å². The molecule has 4 atom stereocenters. The van der Waals surface area contributed by atoms with Gasteiger partial charge < -0.3 is 25.5 Å². The summed E-state index contributed by atoms with van der Waals surface area (Å²) in [6, 6.07) is 9.10. The number of hydrogen-bond acceptors (Lipinski definition) is 7. The Morgan fingerprint density at radius 1 is 1.10 bits per heavy atom. The molecule has 4 unspecified atom stereocenters. The van der Waals surface area contributed by atoms with E-state index >= 15 is 0 Å². The minimum atomic E-state index is -0.849. The highest BCUT2D eigenvalue weighted by Gasteiger charge is 2.45. The standard InChI is InChI=1S/C32H45N7O2/c1-18(2)39(16-20-14-26(29(41)28(20)40)38-11-10-23-30(33)34-17-35-31(23)38)22-12-19(13-22)6-9-27-36-24-8-7-21(32(3,4)5)15-25(24)37-27/h7-8,10-11,15,17-20,22,26,28-29,40-41H,6,9,12-14,16H2,1-5H3,(H,36,37)(H2,33,34,35). The van der Waals surface area contributed by atoms with E-state index in [1.165, 1.54) is 24.7 Å². The van der Waals surface area contributed by atoms with Gasteiger partial charge in [-0.15, -0.1) is 0 Å². The van der Waals surface area contributed by atoms with Crippen molar-refractivity contribution in [2.24, 2.45) is 11.8 Å². The van der Waals surface area contributed by atoms with Gasteiger partial charge in [0.05, 0.1) is 28.6 Å². The number of imidazole rings is 1. The number of aromatic amines is 1. The quantitative estimate of drug-likeness (QED) is 0.248. The first-order valence-corrected chi connectivity index (χ1v) is 15.2. The van der Waals surface area contributed by atoms with Gasteiger partial charge in [0.15, 0.2) is 0 Å². The summed E-state index contributed by atoms with van der Waals surface area (Å²) in [5.41, 5.74) is 10.3. The van der Waals surface area contributed by atoms with Gasteiger partial charge in [-0.25, -0.2) is 15.0 Å². The third-order valence-corrected chi connectivity index (χ3v) is 9.64. The van der Waals surface area contributed by atoms with Crippen LogP contribution in [0.4, 0.5) is 5.82 Å². The lowest BCUT2D eigenvalue weighted by atomic mass is 9.76. The number of nitrogens with zero attached hydrogens (tertiary/aromatic N) is 5. The highest BCUT2D eigenvalue weighted by molar-refractivity contribution is 5.86. The molecular formula is C32H45N7O2. The molecule has 0 radical (unpaired) electrons. The molecule has 4 aromatic rings. The molecule has 2 fully saturated rings. The average Bonchev–Trinajstić information content (AvgIpc) is 3.58. The lowest BCUT2D eigenvalue weighted by Crippen LogP contribution is -2.51. The van der Waals surface area contributed by atoms with Crippen molar-refractivity contribution in [1.82, 2.24) is 29.4 Å². The number of aliphatic hydroxyl groups is 2. The molecule has 1 aromatic carbocycles. The van der Waals surface area contributed by atoms with Gasteiger partial charge in [-0.05, 0) is 74.6 Å². The number of aliphatic hydroxyl groups excluding tert-OH is 2. The summed E-state index contributed by atoms with van der Waals surface area (Å²) in [6.45, 7) is 12.0. The molecule has 2 aliphatic carbocycles. The summed E-state index contributed by atoms with van der Waals surface area (Å²) >= 11 is 0. The molecule has 0 spiro atoms. The van der Waals surface area contributed by atoms with E-state index in [-0.39, 0.29) is 17.4 Å². The molecule has 9 nitrogen and oxygen atoms in total. The molecule has 9 heteroatoms. The van der Waals surface area contributed by atoms with E-state index in [0.29, 0.717) is 35.9 Å². The smallest absolute Gasteiger partial charge is 0.145 e. The number of nitrogens with two attached hydrogens (primary N) is 1. The Bertz CT molecular complexity index is 1510. The zero-order valence-electron chi connectivity index (χ0n) is 25.0. The average molecular weight is 560 g/mol. The molecular weight excluding hydrogens is 514 g/mol. The second-order valence-corrected chi connectivity index (χ2v) is 13.7. The fourth-order valence-electron chi connectivity index (χ4n) is 7.06. The number of anilines is 1. The number of rotatable bonds is 8. The Kier molecular flexibility index (Phi) is 7.32. The van der Waals surface area contributed by atoms with Gasteiger partial charge in [-0.3, -0.25) is 4.90 Å². The van der Waals surface area contributed by atoms with Crippen molar-refractivity contribution in [1.29, 1.82) is 0 Å². The van der Waals surface area contributed by atoms with Gasteiger partial charge in [0.2, 0.25) is 0 Å². The molecule has 0 aliphatic heterocycles. The van der Waals surface area contributed by atoms with E-state index in [2.05, 4.69) is 72.7 Å². The Hall–Kier alpha value is -3.01. The second kappa shape index (κ2) is 10.7. The summed E-state index contributed by atoms with van der Waals surface area (Å²) in [5.74, 6) is 2.18. The predicted octanol–water partition coefficient (Wildman–Crippen LogP) is 4.59. The monoisotopic (exact) mass is 559 g/mol. The molecule has 41 heavy (non-hydrogen) atoms. The van der Waals surface area contributed by atoms with Crippen LogP contribution in [0.1, 0.15) is 77.7 Å². The van der Waals surface area contributed by atoms with Crippen LogP contribution in [0.3, 0.4) is 0 Å². The van der Waals surface area contributed by atoms with Crippen molar-refractivity contribution in [3.8, 4) is 0 Å². The van der Waals surface area contributed by atoms with Crippen molar-refractivity contribution in [3.63, 3.8) is 0 Å². The number of hydrogen-bond donors (Lipinski definition) is 4. The van der Waals surface area contributed by atoms with Gasteiger partial charge in [0.1, 0.15) is 29.7 Å². The molecule has 220 valence electrons. The maximum absolute atomic E-state index is 11.1. The number of nitrogens with one attached hydrogen (secondary N) is 1. The number of aryl methyl sites for hydroxylation is 1. The predicted molar refractivity (Wildman–Crippen MR) is 163 cm³/mol. The van der Waals surface area contributed by atoms with Crippen LogP contribution in [-0.4, -0.2) is 70.5 Å². The molecule has 3 aromatic heterocycles. The molecule has 5 N–H and O–H groups in total. The largest absolute Gasteiger partial charge is 0.390 e. The third kappa shape index (κ3) is 5.35. The summed E-state index contributed by atoms with van der Waals surface area (Å²) < 4.78 is 1.96. The zero-order chi connectivity index (χ0) is 29.1. The first-order valence-electron chi connectivity index (χ1n) is 15.2. The van der Waals surface area contributed by atoms with Gasteiger partial charge >= 0.3 is 0 Å². The van der Waals surface area contributed by atoms with Crippen molar-refractivity contribution < 1.29 is 10.2 Å². The highest BCUT2D eigenvalue weighted by atomic mass is 16.3. The normalized spacial score (nSPS) is 27.0. The van der Waals surface area contributed by atoms with Gasteiger partial charge in [-0.1, -0.05) is 26.8 Å². The first-order chi connectivity index (χ1) is 19.5. The summed E-state index contributed by atoms with van der Waals surface area (Å²) in [7, 11) is 0. The lowest BCUT2D eigenvalue weighted by Gasteiger charge is -2.46. The van der Waals surface area contributed by atoms with Gasteiger partial charge in [-0.2, -0.15) is 0 Å². The summed E-state index contributed by atoms with van der Waals surface area (Å²) in [4.78, 5) is 19.4. The molecule has 0 amide bonds. The molecule has 0 bridgehead atoms. The van der Waals surface area contributed by atoms with Crippen molar-refractivity contribution >= 4 is 27.9 Å². The Morgan fingerprint density at radius 2 is 1.88 bits per heavy atom. The van der Waals surface area contributed by atoms with Crippen molar-refractivity contribution in [2.75, 3.05) is 12.3 Å². The van der Waals surface area contributed by atoms with E-state index in [9.17, 15) is 10.2 Å². The van der Waals surface area contributed by atoms with E-state index in [1.54, 1.807) is 0 Å². The Morgan fingerprint density at radius 3 is 2.61 bits per heavy atom. The molecule has 0 saturated heterocycles. The fourth-order valence-corrected chi connectivity index (χ4v) is 7.06. The van der Waals surface area contributed by atoms with Crippen LogP contribution in [0.2, 0.25) is 0 Å². The minimum Gasteiger partial charge on any atom is -0.390 e. The topological polar surface area (TPSA) is 129 Å². The van der Waals surface area contributed by atoms with Crippen LogP contribution in [0, 0.1) is 11.8 Å². The summed E-state index contributed by atoms with van der Waals surface area (Å²) in [6.07, 6.45) is 6.85. The van der Waals surface area contributed by atoms with Crippen LogP contribution in [0.25, 0.3) is 22.1 Å². The van der Waals surface area contributed by atoms with Crippen molar-refractivity contribution in [3.05, 3.63) is 48.2 Å². The molecule has 6 rings (SSSR count). The molecule has 3 heterocycles. The highest BCUT2D eigenvalue weighted by Crippen LogP contribution is 2.41. The maximum atomic E-state index is 11.1. The van der Waals surface area contributed by atoms with Crippen molar-refractivity contribution in [2.45, 2.75) is 102 Å². The van der Waals surface area contributed by atoms with Crippen LogP contribution in [0.5, 0.6) is 0 Å². The maximum Gasteiger partial charge on any atom is 0.145 e. The SMILES string of the molecule is CC(C)N(CC1CC(n2ccc3c(N)ncnc32)C(O)C1O)C1CC(CCc2nc3ccc(C(C)(C)C)cc3[nH]2)C1. The van der Waals surface area contributed by atoms with Crippen LogP contribution in [-0.2, 0) is 11.8 Å². The molecule has 2 saturated carbocycles. The minimum absolute atomic E-state index is 0.0124. The number of fused-ring (bicyclic) bond motifs is 2. The fraction of sp³-hybridized carbons (Fsp3) is 0.594. The Labute approximate surface area is 242 Å². The number of benzene rings is 1. The van der Waals surface area contributed by atoms with Gasteiger partial charge in [0, 0.05) is 37.2 Å². The summed E-state index contributed by atoms with van der Waals surface area (Å²) in [5, 5.41) is 22.9. The Balaban J connectivity index is 1.06. The zero-order valence-corrected chi connectivity index (χ0v) is 25.0. The van der Waals surface area contributed by atoms with E-state index in [1.807, 2.05) is 16.8 Å². The van der Waals surface area contributed by atoms with Gasteiger partial charge in [0.25, 0.3) is 0 Å². The third-order valence-electron chi connectivity index (χ3n) is 9.64. The molecule has 2 aliphatic rings. The van der Waals surface area contributed by atoms with E-state index in [0.717, 1.165) is 41.6 Å². The number of nitrogen functional groups attached to an aromatic ring is 1. The second-order valence-electron chi connectivity index (χ2n) is 13.7. The van der Waals surface area contributed by atoms with Crippen LogP contribution < -0.4 is 5.73 Å². The van der Waals surface area contributed by atoms with Crippen LogP contribution in [0.15, 0.2) is 36.8 Å². The number of H-pyrrole nitrogens is 1. The first kappa shape index (κ1) is 28.1. The van der Waals surface area contributed by atoms with E-state index in [4.69, 9.17) is 10.7 Å². The van der Waals surface area contributed by atoms with Crippen LogP contribution >= 0.6 is 0 Å². The lowest BCUT2D eigenvalue weighted by molar-refractivity contribution is -0.0180. The number of aromatic nitrogens is 5.